The van der Waals surface area contributed by atoms with Crippen molar-refractivity contribution in [3.63, 3.8) is 0 Å². The van der Waals surface area contributed by atoms with Gasteiger partial charge in [0.2, 0.25) is 0 Å². The van der Waals surface area contributed by atoms with Gasteiger partial charge in [-0.05, 0) is 104 Å². The monoisotopic (exact) mass is 538 g/mol. The minimum absolute atomic E-state index is 0.000592. The molecule has 6 nitrogen and oxygen atoms in total. The number of halogens is 1. The van der Waals surface area contributed by atoms with Crippen molar-refractivity contribution >= 4 is 15.8 Å². The van der Waals surface area contributed by atoms with Crippen LogP contribution in [0.2, 0.25) is 0 Å². The summed E-state index contributed by atoms with van der Waals surface area (Å²) in [5.41, 5.74) is 4.29. The van der Waals surface area contributed by atoms with E-state index in [0.717, 1.165) is 66.7 Å². The van der Waals surface area contributed by atoms with Crippen LogP contribution in [0.3, 0.4) is 0 Å². The van der Waals surface area contributed by atoms with Crippen LogP contribution in [0.15, 0.2) is 66.7 Å². The molecule has 3 aromatic rings. The summed E-state index contributed by atoms with van der Waals surface area (Å²) >= 11 is 0. The Labute approximate surface area is 224 Å². The zero-order chi connectivity index (χ0) is 26.5. The molecular weight excluding hydrogens is 503 g/mol. The molecule has 0 bridgehead atoms. The Hall–Kier alpha value is -3.10. The number of hydrogen-bond donors (Lipinski definition) is 1. The molecule has 1 saturated heterocycles. The van der Waals surface area contributed by atoms with Crippen molar-refractivity contribution in [3.8, 4) is 11.5 Å². The molecule has 8 heteroatoms. The van der Waals surface area contributed by atoms with Crippen molar-refractivity contribution in [2.75, 3.05) is 30.9 Å². The summed E-state index contributed by atoms with van der Waals surface area (Å²) < 4.78 is 48.1. The van der Waals surface area contributed by atoms with Gasteiger partial charge in [-0.25, -0.2) is 4.39 Å². The zero-order valence-electron chi connectivity index (χ0n) is 21.7. The Bertz CT molecular complexity index is 1320. The number of benzene rings is 3. The highest BCUT2D eigenvalue weighted by Gasteiger charge is 2.28. The normalized spacial score (nSPS) is 19.6. The van der Waals surface area contributed by atoms with Crippen LogP contribution < -0.4 is 19.1 Å². The van der Waals surface area contributed by atoms with Crippen LogP contribution in [0.5, 0.6) is 11.5 Å². The van der Waals surface area contributed by atoms with Crippen LogP contribution in [0.25, 0.3) is 0 Å². The van der Waals surface area contributed by atoms with Gasteiger partial charge in [-0.2, -0.15) is 8.42 Å². The number of nitrogens with zero attached hydrogens (tertiary/aromatic N) is 1. The summed E-state index contributed by atoms with van der Waals surface area (Å²) in [6.45, 7) is 2.52. The minimum atomic E-state index is -3.60. The lowest BCUT2D eigenvalue weighted by Crippen LogP contribution is -2.36. The van der Waals surface area contributed by atoms with Gasteiger partial charge in [0.15, 0.2) is 0 Å². The first-order chi connectivity index (χ1) is 18.3. The summed E-state index contributed by atoms with van der Waals surface area (Å²) in [6.07, 6.45) is 7.30. The lowest BCUT2D eigenvalue weighted by Gasteiger charge is -2.39. The Balaban J connectivity index is 1.33. The maximum Gasteiger partial charge on any atom is 0.306 e. The van der Waals surface area contributed by atoms with Crippen molar-refractivity contribution in [1.29, 1.82) is 0 Å². The van der Waals surface area contributed by atoms with Crippen molar-refractivity contribution < 1.29 is 21.7 Å². The maximum atomic E-state index is 13.7. The molecule has 1 fully saturated rings. The molecule has 0 spiro atoms. The van der Waals surface area contributed by atoms with Crippen molar-refractivity contribution in [3.05, 3.63) is 89.2 Å². The van der Waals surface area contributed by atoms with Crippen molar-refractivity contribution in [1.82, 2.24) is 5.32 Å². The van der Waals surface area contributed by atoms with E-state index in [4.69, 9.17) is 8.92 Å². The van der Waals surface area contributed by atoms with Gasteiger partial charge >= 0.3 is 10.1 Å². The fourth-order valence-electron chi connectivity index (χ4n) is 5.51. The molecule has 2 heterocycles. The fourth-order valence-corrected chi connectivity index (χ4v) is 5.96. The molecular formula is C30H35FN2O4S. The molecule has 2 aliphatic heterocycles. The zero-order valence-corrected chi connectivity index (χ0v) is 22.6. The first-order valence-corrected chi connectivity index (χ1v) is 15.2. The predicted octanol–water partition coefficient (Wildman–Crippen LogP) is 5.42. The summed E-state index contributed by atoms with van der Waals surface area (Å²) in [4.78, 5) is 2.29. The largest absolute Gasteiger partial charge is 0.494 e. The smallest absolute Gasteiger partial charge is 0.306 e. The molecule has 0 aliphatic carbocycles. The van der Waals surface area contributed by atoms with Gasteiger partial charge in [-0.15, -0.1) is 0 Å². The van der Waals surface area contributed by atoms with E-state index >= 15 is 0 Å². The van der Waals surface area contributed by atoms with E-state index in [0.29, 0.717) is 18.4 Å². The molecule has 0 amide bonds. The fraction of sp³-hybridized carbons (Fsp3) is 0.400. The second kappa shape index (κ2) is 11.7. The highest BCUT2D eigenvalue weighted by Crippen LogP contribution is 2.38. The number of ether oxygens (including phenoxy) is 1. The maximum absolute atomic E-state index is 13.7. The Morgan fingerprint density at radius 3 is 2.47 bits per heavy atom. The quantitative estimate of drug-likeness (QED) is 0.367. The average molecular weight is 539 g/mol. The number of piperidine rings is 1. The molecule has 0 saturated carbocycles. The molecule has 3 aromatic carbocycles. The van der Waals surface area contributed by atoms with Gasteiger partial charge in [-0.1, -0.05) is 24.6 Å². The topological polar surface area (TPSA) is 67.9 Å². The minimum Gasteiger partial charge on any atom is -0.494 e. The van der Waals surface area contributed by atoms with E-state index in [1.165, 1.54) is 31.4 Å². The van der Waals surface area contributed by atoms with Crippen molar-refractivity contribution in [2.24, 2.45) is 0 Å². The van der Waals surface area contributed by atoms with Crippen molar-refractivity contribution in [2.45, 2.75) is 50.6 Å². The highest BCUT2D eigenvalue weighted by atomic mass is 32.2. The lowest BCUT2D eigenvalue weighted by molar-refractivity contribution is 0.268. The number of nitrogens with one attached hydrogen (secondary N) is 1. The van der Waals surface area contributed by atoms with Crippen LogP contribution in [0.4, 0.5) is 10.1 Å². The average Bonchev–Trinajstić information content (AvgIpc) is 2.90. The van der Waals surface area contributed by atoms with E-state index in [1.807, 2.05) is 36.4 Å². The van der Waals surface area contributed by atoms with Gasteiger partial charge < -0.3 is 19.1 Å². The standard InChI is InChI=1S/C30H35FN2O4S/c1-38(34,35)37-28-13-14-29-23(21-28)15-18-33(26-9-7-24(31)8-10-26)30(29)20-22-5-11-27(12-6-22)36-19-16-25-4-2-3-17-32-25/h5-14,21,25,30,32H,2-4,15-20H2,1H3. The summed E-state index contributed by atoms with van der Waals surface area (Å²) in [7, 11) is -3.60. The van der Waals surface area contributed by atoms with Gasteiger partial charge in [0, 0.05) is 18.3 Å². The van der Waals surface area contributed by atoms with E-state index in [9.17, 15) is 12.8 Å². The summed E-state index contributed by atoms with van der Waals surface area (Å²) in [6, 6.07) is 20.9. The Morgan fingerprint density at radius 2 is 1.76 bits per heavy atom. The molecule has 5 rings (SSSR count). The van der Waals surface area contributed by atoms with E-state index in [-0.39, 0.29) is 11.9 Å². The third kappa shape index (κ3) is 6.85. The van der Waals surface area contributed by atoms with Crippen LogP contribution in [0, 0.1) is 5.82 Å². The molecule has 0 radical (unpaired) electrons. The first-order valence-electron chi connectivity index (χ1n) is 13.3. The molecule has 202 valence electrons. The van der Waals surface area contributed by atoms with Gasteiger partial charge in [0.05, 0.1) is 18.9 Å². The van der Waals surface area contributed by atoms with E-state index < -0.39 is 10.1 Å². The third-order valence-electron chi connectivity index (χ3n) is 7.38. The van der Waals surface area contributed by atoms with Gasteiger partial charge in [-0.3, -0.25) is 0 Å². The SMILES string of the molecule is CS(=O)(=O)Oc1ccc2c(c1)CCN(c1ccc(F)cc1)C2Cc1ccc(OCCC2CCCCN2)cc1. The lowest BCUT2D eigenvalue weighted by atomic mass is 9.88. The molecule has 1 N–H and O–H groups in total. The predicted molar refractivity (Wildman–Crippen MR) is 148 cm³/mol. The van der Waals surface area contributed by atoms with Crippen LogP contribution in [0.1, 0.15) is 48.4 Å². The van der Waals surface area contributed by atoms with Crippen LogP contribution in [-0.4, -0.2) is 40.4 Å². The van der Waals surface area contributed by atoms with Gasteiger partial charge in [0.25, 0.3) is 0 Å². The van der Waals surface area contributed by atoms with Gasteiger partial charge in [0.1, 0.15) is 17.3 Å². The highest BCUT2D eigenvalue weighted by molar-refractivity contribution is 7.86. The number of anilines is 1. The van der Waals surface area contributed by atoms with E-state index in [2.05, 4.69) is 22.3 Å². The Kier molecular flexibility index (Phi) is 8.19. The second-order valence-corrected chi connectivity index (χ2v) is 11.8. The molecule has 38 heavy (non-hydrogen) atoms. The summed E-state index contributed by atoms with van der Waals surface area (Å²) in [5.74, 6) is 0.928. The Morgan fingerprint density at radius 1 is 1.00 bits per heavy atom. The molecule has 2 aliphatic rings. The second-order valence-electron chi connectivity index (χ2n) is 10.2. The van der Waals surface area contributed by atoms with E-state index in [1.54, 1.807) is 6.07 Å². The molecule has 0 aromatic heterocycles. The first kappa shape index (κ1) is 26.5. The molecule has 2 atom stereocenters. The number of hydrogen-bond acceptors (Lipinski definition) is 6. The van der Waals surface area contributed by atoms with Crippen LogP contribution in [-0.2, 0) is 23.0 Å². The molecule has 2 unspecified atom stereocenters. The number of fused-ring (bicyclic) bond motifs is 1. The number of rotatable bonds is 9. The third-order valence-corrected chi connectivity index (χ3v) is 7.87. The summed E-state index contributed by atoms with van der Waals surface area (Å²) in [5, 5.41) is 3.56. The van der Waals surface area contributed by atoms with Crippen LogP contribution >= 0.6 is 0 Å².